The van der Waals surface area contributed by atoms with E-state index in [9.17, 15) is 8.78 Å². The standard InChI is InChI=1S/C13H18ClF2N/c1-10-3-4-12(7-11(10)2)8-17(6-5-14)9-13(15)16/h3-4,7,13H,5-6,8-9H2,1-2H3. The molecule has 0 fully saturated rings. The van der Waals surface area contributed by atoms with Crippen molar-refractivity contribution in [2.24, 2.45) is 0 Å². The number of alkyl halides is 3. The summed E-state index contributed by atoms with van der Waals surface area (Å²) in [5.74, 6) is 0.373. The molecule has 0 bridgehead atoms. The number of halogens is 3. The molecule has 0 radical (unpaired) electrons. The van der Waals surface area contributed by atoms with Crippen LogP contribution in [0.15, 0.2) is 18.2 Å². The highest BCUT2D eigenvalue weighted by atomic mass is 35.5. The lowest BCUT2D eigenvalue weighted by Crippen LogP contribution is -2.30. The van der Waals surface area contributed by atoms with Crippen LogP contribution in [0.3, 0.4) is 0 Å². The second-order valence-electron chi connectivity index (χ2n) is 4.23. The Hall–Kier alpha value is -0.670. The van der Waals surface area contributed by atoms with E-state index in [1.807, 2.05) is 32.0 Å². The van der Waals surface area contributed by atoms with Gasteiger partial charge < -0.3 is 0 Å². The van der Waals surface area contributed by atoms with Gasteiger partial charge in [-0.3, -0.25) is 4.90 Å². The summed E-state index contributed by atoms with van der Waals surface area (Å²) in [6, 6.07) is 6.04. The van der Waals surface area contributed by atoms with Crippen molar-refractivity contribution in [3.8, 4) is 0 Å². The Morgan fingerprint density at radius 3 is 2.47 bits per heavy atom. The Labute approximate surface area is 106 Å². The molecule has 0 amide bonds. The first-order chi connectivity index (χ1) is 8.02. The second kappa shape index (κ2) is 6.92. The Morgan fingerprint density at radius 2 is 1.94 bits per heavy atom. The first kappa shape index (κ1) is 14.4. The lowest BCUT2D eigenvalue weighted by atomic mass is 10.1. The Kier molecular flexibility index (Phi) is 5.86. The first-order valence-electron chi connectivity index (χ1n) is 5.65. The van der Waals surface area contributed by atoms with Gasteiger partial charge >= 0.3 is 0 Å². The molecular weight excluding hydrogens is 244 g/mol. The molecule has 4 heteroatoms. The Bertz CT molecular complexity index is 355. The van der Waals surface area contributed by atoms with Gasteiger partial charge in [0.1, 0.15) is 0 Å². The highest BCUT2D eigenvalue weighted by molar-refractivity contribution is 6.18. The van der Waals surface area contributed by atoms with Crippen LogP contribution in [0.25, 0.3) is 0 Å². The van der Waals surface area contributed by atoms with Gasteiger partial charge in [-0.15, -0.1) is 11.6 Å². The van der Waals surface area contributed by atoms with Crippen LogP contribution in [-0.2, 0) is 6.54 Å². The van der Waals surface area contributed by atoms with Crippen LogP contribution in [0.2, 0.25) is 0 Å². The van der Waals surface area contributed by atoms with E-state index in [0.29, 0.717) is 19.0 Å². The van der Waals surface area contributed by atoms with Crippen LogP contribution in [0.1, 0.15) is 16.7 Å². The van der Waals surface area contributed by atoms with E-state index in [4.69, 9.17) is 11.6 Å². The molecule has 0 saturated heterocycles. The molecular formula is C13H18ClF2N. The molecule has 0 N–H and O–H groups in total. The van der Waals surface area contributed by atoms with E-state index >= 15 is 0 Å². The zero-order chi connectivity index (χ0) is 12.8. The van der Waals surface area contributed by atoms with Crippen LogP contribution >= 0.6 is 11.6 Å². The van der Waals surface area contributed by atoms with Gasteiger partial charge in [-0.1, -0.05) is 18.2 Å². The van der Waals surface area contributed by atoms with Gasteiger partial charge in [0, 0.05) is 19.0 Å². The van der Waals surface area contributed by atoms with E-state index in [1.54, 1.807) is 4.90 Å². The van der Waals surface area contributed by atoms with E-state index < -0.39 is 6.43 Å². The maximum absolute atomic E-state index is 12.4. The van der Waals surface area contributed by atoms with Crippen LogP contribution in [-0.4, -0.2) is 30.3 Å². The molecule has 1 aromatic rings. The average Bonchev–Trinajstić information content (AvgIpc) is 2.23. The third-order valence-electron chi connectivity index (χ3n) is 2.77. The smallest absolute Gasteiger partial charge is 0.251 e. The summed E-state index contributed by atoms with van der Waals surface area (Å²) in [6.07, 6.45) is -2.32. The van der Waals surface area contributed by atoms with Crippen molar-refractivity contribution >= 4 is 11.6 Å². The Balaban J connectivity index is 2.67. The van der Waals surface area contributed by atoms with Crippen molar-refractivity contribution in [1.29, 1.82) is 0 Å². The normalized spacial score (nSPS) is 11.5. The fourth-order valence-corrected chi connectivity index (χ4v) is 1.95. The summed E-state index contributed by atoms with van der Waals surface area (Å²) in [5, 5.41) is 0. The predicted molar refractivity (Wildman–Crippen MR) is 67.9 cm³/mol. The van der Waals surface area contributed by atoms with Gasteiger partial charge in [0.05, 0.1) is 6.54 Å². The van der Waals surface area contributed by atoms with Crippen LogP contribution < -0.4 is 0 Å². The molecule has 1 aromatic carbocycles. The van der Waals surface area contributed by atoms with Crippen LogP contribution in [0.5, 0.6) is 0 Å². The maximum Gasteiger partial charge on any atom is 0.251 e. The summed E-state index contributed by atoms with van der Waals surface area (Å²) < 4.78 is 24.7. The molecule has 17 heavy (non-hydrogen) atoms. The average molecular weight is 262 g/mol. The van der Waals surface area contributed by atoms with Crippen LogP contribution in [0, 0.1) is 13.8 Å². The summed E-state index contributed by atoms with van der Waals surface area (Å²) in [6.45, 7) is 4.85. The molecule has 0 aliphatic carbocycles. The fraction of sp³-hybridized carbons (Fsp3) is 0.538. The number of rotatable bonds is 6. The van der Waals surface area contributed by atoms with Gasteiger partial charge in [0.15, 0.2) is 0 Å². The minimum atomic E-state index is -2.32. The first-order valence-corrected chi connectivity index (χ1v) is 6.19. The molecule has 0 aliphatic heterocycles. The molecule has 0 unspecified atom stereocenters. The Morgan fingerprint density at radius 1 is 1.24 bits per heavy atom. The SMILES string of the molecule is Cc1ccc(CN(CCCl)CC(F)F)cc1C. The number of benzene rings is 1. The van der Waals surface area contributed by atoms with E-state index in [1.165, 1.54) is 11.1 Å². The highest BCUT2D eigenvalue weighted by Gasteiger charge is 2.12. The molecule has 1 rings (SSSR count). The number of nitrogens with zero attached hydrogens (tertiary/aromatic N) is 1. The van der Waals surface area contributed by atoms with E-state index in [0.717, 1.165) is 5.56 Å². The van der Waals surface area contributed by atoms with Crippen molar-refractivity contribution < 1.29 is 8.78 Å². The van der Waals surface area contributed by atoms with E-state index in [-0.39, 0.29) is 6.54 Å². The van der Waals surface area contributed by atoms with Gasteiger partial charge in [-0.25, -0.2) is 8.78 Å². The third kappa shape index (κ3) is 5.00. The number of hydrogen-bond acceptors (Lipinski definition) is 1. The van der Waals surface area contributed by atoms with Gasteiger partial charge in [-0.2, -0.15) is 0 Å². The lowest BCUT2D eigenvalue weighted by Gasteiger charge is -2.21. The van der Waals surface area contributed by atoms with Crippen molar-refractivity contribution in [2.45, 2.75) is 26.8 Å². The summed E-state index contributed by atoms with van der Waals surface area (Å²) in [7, 11) is 0. The molecule has 0 aliphatic rings. The van der Waals surface area contributed by atoms with Crippen molar-refractivity contribution in [2.75, 3.05) is 19.0 Å². The topological polar surface area (TPSA) is 3.24 Å². The fourth-order valence-electron chi connectivity index (χ4n) is 1.71. The number of hydrogen-bond donors (Lipinski definition) is 0. The molecule has 0 heterocycles. The van der Waals surface area contributed by atoms with Gasteiger partial charge in [0.25, 0.3) is 6.43 Å². The van der Waals surface area contributed by atoms with E-state index in [2.05, 4.69) is 0 Å². The molecule has 1 nitrogen and oxygen atoms in total. The van der Waals surface area contributed by atoms with Crippen molar-refractivity contribution in [3.63, 3.8) is 0 Å². The second-order valence-corrected chi connectivity index (χ2v) is 4.61. The van der Waals surface area contributed by atoms with Crippen molar-refractivity contribution in [3.05, 3.63) is 34.9 Å². The largest absolute Gasteiger partial charge is 0.292 e. The van der Waals surface area contributed by atoms with Gasteiger partial charge in [0.2, 0.25) is 0 Å². The third-order valence-corrected chi connectivity index (χ3v) is 2.94. The molecule has 96 valence electrons. The van der Waals surface area contributed by atoms with Crippen LogP contribution in [0.4, 0.5) is 8.78 Å². The van der Waals surface area contributed by atoms with Gasteiger partial charge in [-0.05, 0) is 30.5 Å². The quantitative estimate of drug-likeness (QED) is 0.707. The minimum absolute atomic E-state index is 0.223. The summed E-state index contributed by atoms with van der Waals surface area (Å²) in [5.41, 5.74) is 3.45. The minimum Gasteiger partial charge on any atom is -0.292 e. The molecule has 0 saturated carbocycles. The maximum atomic E-state index is 12.4. The zero-order valence-electron chi connectivity index (χ0n) is 10.2. The summed E-state index contributed by atoms with van der Waals surface area (Å²) >= 11 is 5.62. The van der Waals surface area contributed by atoms with Crippen molar-refractivity contribution in [1.82, 2.24) is 4.90 Å². The molecule has 0 spiro atoms. The summed E-state index contributed by atoms with van der Waals surface area (Å²) in [4.78, 5) is 1.68. The monoisotopic (exact) mass is 261 g/mol. The number of aryl methyl sites for hydroxylation is 2. The molecule has 0 aromatic heterocycles. The lowest BCUT2D eigenvalue weighted by molar-refractivity contribution is 0.0878. The predicted octanol–water partition coefficient (Wildman–Crippen LogP) is 3.61. The molecule has 0 atom stereocenters. The highest BCUT2D eigenvalue weighted by Crippen LogP contribution is 2.13. The zero-order valence-corrected chi connectivity index (χ0v) is 11.0.